The van der Waals surface area contributed by atoms with Crippen molar-refractivity contribution in [3.05, 3.63) is 36.0 Å². The van der Waals surface area contributed by atoms with Gasteiger partial charge in [0.2, 0.25) is 5.79 Å². The zero-order chi connectivity index (χ0) is 47.5. The summed E-state index contributed by atoms with van der Waals surface area (Å²) in [6.07, 6.45) is 9.44. The van der Waals surface area contributed by atoms with Gasteiger partial charge in [0.05, 0.1) is 36.9 Å². The lowest BCUT2D eigenvalue weighted by atomic mass is 9.75. The van der Waals surface area contributed by atoms with Gasteiger partial charge in [0.1, 0.15) is 23.7 Å². The molecule has 14 nitrogen and oxygen atoms in total. The monoisotopic (exact) mass is 902 g/mol. The van der Waals surface area contributed by atoms with Crippen molar-refractivity contribution >= 4 is 29.2 Å². The molecular weight excluding hydrogens is 823 g/mol. The van der Waals surface area contributed by atoms with E-state index < -0.39 is 96.2 Å². The van der Waals surface area contributed by atoms with E-state index in [2.05, 4.69) is 0 Å². The maximum Gasteiger partial charge on any atom is 0.329 e. The maximum atomic E-state index is 14.3. The zero-order valence-corrected chi connectivity index (χ0v) is 39.3. The molecule has 362 valence electrons. The van der Waals surface area contributed by atoms with Crippen LogP contribution < -0.4 is 0 Å². The van der Waals surface area contributed by atoms with Crippen molar-refractivity contribution in [1.29, 1.82) is 0 Å². The number of fused-ring (bicyclic) bond motifs is 3. The number of cyclic esters (lactones) is 1. The first-order valence-electron chi connectivity index (χ1n) is 24.0. The van der Waals surface area contributed by atoms with Crippen molar-refractivity contribution < 1.29 is 64.1 Å². The van der Waals surface area contributed by atoms with E-state index in [0.29, 0.717) is 63.4 Å². The second kappa shape index (κ2) is 24.6. The molecule has 1 saturated carbocycles. The van der Waals surface area contributed by atoms with Gasteiger partial charge < -0.3 is 45.0 Å². The number of piperidine rings is 1. The number of rotatable bonds is 5. The van der Waals surface area contributed by atoms with Crippen LogP contribution in [0.1, 0.15) is 132 Å². The number of carbonyl (C=O) groups is 5. The Morgan fingerprint density at radius 2 is 1.55 bits per heavy atom. The SMILES string of the molecule is C\C1=C/C=C/C=C/[C@@H](C)C[C@@H](C)C(=O)[C@H](CO)[C@H](O)C(C)C[C@@H](C)C(=O)C[C@@H]([C@H](C)C[C@@H]2CC[C@@H](O)[C@H](CO)C2)OC(=O)[C@@H]2CCCCN2C(=O)C(=O)[C@]2(O)O[C@@H](CC[C@H]2C)CC1O. The van der Waals surface area contributed by atoms with Crippen LogP contribution in [0.15, 0.2) is 36.0 Å². The Bertz CT molecular complexity index is 1680. The minimum absolute atomic E-state index is 0.0213. The summed E-state index contributed by atoms with van der Waals surface area (Å²) < 4.78 is 12.2. The molecule has 2 unspecified atom stereocenters. The summed E-state index contributed by atoms with van der Waals surface area (Å²) in [6, 6.07) is -1.17. The molecule has 64 heavy (non-hydrogen) atoms. The van der Waals surface area contributed by atoms with E-state index in [4.69, 9.17) is 9.47 Å². The van der Waals surface area contributed by atoms with E-state index in [1.165, 1.54) is 0 Å². The number of ketones is 3. The number of carbonyl (C=O) groups excluding carboxylic acids is 5. The van der Waals surface area contributed by atoms with E-state index in [9.17, 15) is 54.6 Å². The minimum Gasteiger partial charge on any atom is -0.460 e. The van der Waals surface area contributed by atoms with Crippen molar-refractivity contribution in [2.75, 3.05) is 19.8 Å². The zero-order valence-electron chi connectivity index (χ0n) is 39.3. The first-order valence-corrected chi connectivity index (χ1v) is 24.0. The Morgan fingerprint density at radius 3 is 2.23 bits per heavy atom. The number of hydrogen-bond donors (Lipinski definition) is 6. The molecule has 2 bridgehead atoms. The molecule has 3 aliphatic heterocycles. The number of Topliss-reactive ketones (excluding diaryl/α,β-unsaturated/α-hetero) is 3. The molecule has 6 N–H and O–H groups in total. The average Bonchev–Trinajstić information content (AvgIpc) is 3.26. The summed E-state index contributed by atoms with van der Waals surface area (Å²) in [6.45, 7) is 11.8. The molecule has 1 aliphatic carbocycles. The third-order valence-corrected chi connectivity index (χ3v) is 14.9. The molecule has 4 aliphatic rings. The van der Waals surface area contributed by atoms with Gasteiger partial charge in [-0.2, -0.15) is 0 Å². The summed E-state index contributed by atoms with van der Waals surface area (Å²) in [4.78, 5) is 71.4. The summed E-state index contributed by atoms with van der Waals surface area (Å²) in [7, 11) is 0. The number of aliphatic hydroxyl groups is 6. The van der Waals surface area contributed by atoms with E-state index in [1.807, 2.05) is 26.0 Å². The van der Waals surface area contributed by atoms with Crippen LogP contribution in [0.25, 0.3) is 0 Å². The molecule has 0 aromatic carbocycles. The van der Waals surface area contributed by atoms with Gasteiger partial charge in [0, 0.05) is 49.7 Å². The van der Waals surface area contributed by atoms with Gasteiger partial charge in [-0.1, -0.05) is 71.9 Å². The molecule has 3 fully saturated rings. The Morgan fingerprint density at radius 1 is 0.828 bits per heavy atom. The molecular formula is C50H79NO13. The van der Waals surface area contributed by atoms with E-state index in [-0.39, 0.29) is 74.1 Å². The summed E-state index contributed by atoms with van der Waals surface area (Å²) in [5.74, 6) is -10.1. The van der Waals surface area contributed by atoms with Gasteiger partial charge in [-0.15, -0.1) is 0 Å². The molecule has 0 aromatic heterocycles. The van der Waals surface area contributed by atoms with Crippen LogP contribution in [0.5, 0.6) is 0 Å². The number of esters is 1. The Kier molecular flexibility index (Phi) is 20.6. The van der Waals surface area contributed by atoms with Gasteiger partial charge in [0.25, 0.3) is 11.7 Å². The molecule has 0 radical (unpaired) electrons. The lowest BCUT2D eigenvalue weighted by Crippen LogP contribution is -2.61. The largest absolute Gasteiger partial charge is 0.460 e. The van der Waals surface area contributed by atoms with E-state index in [1.54, 1.807) is 52.8 Å². The second-order valence-corrected chi connectivity index (χ2v) is 20.1. The topological polar surface area (TPSA) is 228 Å². The smallest absolute Gasteiger partial charge is 0.329 e. The highest BCUT2D eigenvalue weighted by atomic mass is 16.6. The number of amides is 1. The van der Waals surface area contributed by atoms with Crippen molar-refractivity contribution in [3.63, 3.8) is 0 Å². The van der Waals surface area contributed by atoms with E-state index >= 15 is 0 Å². The number of hydrogen-bond acceptors (Lipinski definition) is 13. The fourth-order valence-electron chi connectivity index (χ4n) is 10.4. The van der Waals surface area contributed by atoms with Crippen molar-refractivity contribution in [1.82, 2.24) is 4.90 Å². The summed E-state index contributed by atoms with van der Waals surface area (Å²) >= 11 is 0. The number of ether oxygens (including phenoxy) is 2. The van der Waals surface area contributed by atoms with Crippen LogP contribution in [0, 0.1) is 53.3 Å². The van der Waals surface area contributed by atoms with Crippen LogP contribution in [-0.2, 0) is 33.4 Å². The molecule has 0 aromatic rings. The molecule has 16 atom stereocenters. The fourth-order valence-corrected chi connectivity index (χ4v) is 10.4. The Balaban J connectivity index is 1.66. The van der Waals surface area contributed by atoms with Crippen LogP contribution in [0.3, 0.4) is 0 Å². The van der Waals surface area contributed by atoms with Gasteiger partial charge in [-0.05, 0) is 107 Å². The van der Waals surface area contributed by atoms with Gasteiger partial charge in [-0.25, -0.2) is 4.79 Å². The predicted octanol–water partition coefficient (Wildman–Crippen LogP) is 4.79. The summed E-state index contributed by atoms with van der Waals surface area (Å²) in [5.41, 5.74) is 0.613. The number of nitrogens with zero attached hydrogens (tertiary/aromatic N) is 1. The third-order valence-electron chi connectivity index (χ3n) is 14.9. The lowest BCUT2D eigenvalue weighted by molar-refractivity contribution is -0.265. The van der Waals surface area contributed by atoms with Crippen molar-refractivity contribution in [2.45, 2.75) is 174 Å². The fraction of sp³-hybridized carbons (Fsp3) is 0.780. The Labute approximate surface area is 380 Å². The maximum absolute atomic E-state index is 14.3. The van der Waals surface area contributed by atoms with Gasteiger partial charge in [-0.3, -0.25) is 19.2 Å². The molecule has 2 saturated heterocycles. The van der Waals surface area contributed by atoms with Crippen LogP contribution in [0.4, 0.5) is 0 Å². The summed E-state index contributed by atoms with van der Waals surface area (Å²) in [5, 5.41) is 65.0. The number of aliphatic hydroxyl groups excluding tert-OH is 5. The van der Waals surface area contributed by atoms with Gasteiger partial charge >= 0.3 is 5.97 Å². The van der Waals surface area contributed by atoms with Crippen LogP contribution in [-0.4, -0.2) is 127 Å². The average molecular weight is 902 g/mol. The minimum atomic E-state index is -2.49. The molecule has 0 spiro atoms. The van der Waals surface area contributed by atoms with E-state index in [0.717, 1.165) is 4.90 Å². The van der Waals surface area contributed by atoms with Crippen molar-refractivity contribution in [3.8, 4) is 0 Å². The number of allylic oxidation sites excluding steroid dienone is 5. The van der Waals surface area contributed by atoms with Crippen LogP contribution in [0.2, 0.25) is 0 Å². The molecule has 4 rings (SSSR count). The molecule has 3 heterocycles. The molecule has 1 amide bonds. The Hall–Kier alpha value is -3.11. The first kappa shape index (κ1) is 53.5. The second-order valence-electron chi connectivity index (χ2n) is 20.1. The van der Waals surface area contributed by atoms with Crippen molar-refractivity contribution in [2.24, 2.45) is 53.3 Å². The third kappa shape index (κ3) is 14.0. The standard InChI is InChI=1S/C50H79NO13/c1-29-13-9-8-10-14-30(2)42(55)25-38-18-16-35(7)50(62,64-38)47(59)48(60)51-20-12-11-15-40(51)49(61)63-44(32(4)23-36-17-19-41(54)37(24-36)27-52)26-43(56)31(3)22-34(6)46(58)39(28-53)45(57)33(5)21-29/h8-10,13-14,29,31-42,44,46,52-55,58,62H,11-12,15-28H2,1-7H3/b10-8+,13-9+,30-14+/t29-,31-,32-,33-,34?,35-,36+,37+,38+,39+,40+,41-,42?,44+,46-,50-/m1/s1. The highest BCUT2D eigenvalue weighted by Gasteiger charge is 2.53. The lowest BCUT2D eigenvalue weighted by Gasteiger charge is -2.42. The molecule has 14 heteroatoms. The highest BCUT2D eigenvalue weighted by Crippen LogP contribution is 2.38. The van der Waals surface area contributed by atoms with Crippen LogP contribution >= 0.6 is 0 Å². The highest BCUT2D eigenvalue weighted by molar-refractivity contribution is 6.39. The quantitative estimate of drug-likeness (QED) is 0.161. The predicted molar refractivity (Wildman–Crippen MR) is 240 cm³/mol. The normalized spacial score (nSPS) is 41.3. The van der Waals surface area contributed by atoms with Gasteiger partial charge in [0.15, 0.2) is 0 Å². The first-order chi connectivity index (χ1) is 30.2.